The van der Waals surface area contributed by atoms with Crippen LogP contribution in [0.4, 0.5) is 0 Å². The lowest BCUT2D eigenvalue weighted by molar-refractivity contribution is -0.124. The second-order valence-corrected chi connectivity index (χ2v) is 11.4. The van der Waals surface area contributed by atoms with Gasteiger partial charge in [-0.1, -0.05) is 34.1 Å². The summed E-state index contributed by atoms with van der Waals surface area (Å²) < 4.78 is 29.9. The highest BCUT2D eigenvalue weighted by atomic mass is 79.9. The van der Waals surface area contributed by atoms with Crippen molar-refractivity contribution in [2.24, 2.45) is 0 Å². The highest BCUT2D eigenvalue weighted by molar-refractivity contribution is 9.10. The second-order valence-electron chi connectivity index (χ2n) is 7.31. The Bertz CT molecular complexity index is 1150. The first-order chi connectivity index (χ1) is 14.9. The molecule has 3 heterocycles. The SMILES string of the molecule is O=C1NCCCCC1N(Cc1ccc(Br)cc1)S(=O)(=O)c1ccc(-c2ccccn2)s1. The van der Waals surface area contributed by atoms with E-state index in [0.717, 1.165) is 33.4 Å². The molecular formula is C22H22BrN3O3S2. The van der Waals surface area contributed by atoms with E-state index in [1.165, 1.54) is 15.6 Å². The number of carbonyl (C=O) groups is 1. The van der Waals surface area contributed by atoms with Crippen LogP contribution in [0, 0.1) is 0 Å². The van der Waals surface area contributed by atoms with E-state index in [1.54, 1.807) is 18.3 Å². The highest BCUT2D eigenvalue weighted by Gasteiger charge is 2.37. The minimum absolute atomic E-state index is 0.129. The van der Waals surface area contributed by atoms with Gasteiger partial charge in [0, 0.05) is 23.8 Å². The molecule has 9 heteroatoms. The Morgan fingerprint density at radius 1 is 1.10 bits per heavy atom. The number of thiophene rings is 1. The third kappa shape index (κ3) is 5.06. The summed E-state index contributed by atoms with van der Waals surface area (Å²) in [6.07, 6.45) is 3.82. The maximum absolute atomic E-state index is 13.7. The van der Waals surface area contributed by atoms with Gasteiger partial charge in [-0.05, 0) is 61.2 Å². The van der Waals surface area contributed by atoms with Gasteiger partial charge in [0.1, 0.15) is 10.3 Å². The average Bonchev–Trinajstić information content (AvgIpc) is 3.19. The lowest BCUT2D eigenvalue weighted by atomic mass is 10.1. The molecule has 0 aliphatic carbocycles. The van der Waals surface area contributed by atoms with E-state index in [1.807, 2.05) is 42.5 Å². The van der Waals surface area contributed by atoms with E-state index in [0.29, 0.717) is 13.0 Å². The first kappa shape index (κ1) is 22.1. The van der Waals surface area contributed by atoms with Crippen LogP contribution in [-0.2, 0) is 21.4 Å². The molecule has 1 N–H and O–H groups in total. The van der Waals surface area contributed by atoms with Gasteiger partial charge in [-0.25, -0.2) is 8.42 Å². The van der Waals surface area contributed by atoms with E-state index in [4.69, 9.17) is 0 Å². The van der Waals surface area contributed by atoms with Gasteiger partial charge in [0.15, 0.2) is 0 Å². The third-order valence-electron chi connectivity index (χ3n) is 5.17. The molecule has 1 aliphatic heterocycles. The van der Waals surface area contributed by atoms with E-state index < -0.39 is 16.1 Å². The number of benzene rings is 1. The van der Waals surface area contributed by atoms with Gasteiger partial charge < -0.3 is 5.32 Å². The predicted octanol–water partition coefficient (Wildman–Crippen LogP) is 4.43. The summed E-state index contributed by atoms with van der Waals surface area (Å²) in [7, 11) is -3.89. The van der Waals surface area contributed by atoms with Crippen LogP contribution < -0.4 is 5.32 Å². The normalized spacial score (nSPS) is 17.4. The maximum atomic E-state index is 13.7. The minimum atomic E-state index is -3.89. The number of rotatable bonds is 6. The summed E-state index contributed by atoms with van der Waals surface area (Å²) in [6, 6.07) is 15.7. The maximum Gasteiger partial charge on any atom is 0.253 e. The molecule has 1 fully saturated rings. The van der Waals surface area contributed by atoms with Crippen LogP contribution in [0.5, 0.6) is 0 Å². The van der Waals surface area contributed by atoms with Crippen LogP contribution in [0.2, 0.25) is 0 Å². The number of aromatic nitrogens is 1. The Morgan fingerprint density at radius 2 is 1.90 bits per heavy atom. The Hall–Kier alpha value is -2.07. The fraction of sp³-hybridized carbons (Fsp3) is 0.273. The van der Waals surface area contributed by atoms with Gasteiger partial charge in [-0.2, -0.15) is 4.31 Å². The van der Waals surface area contributed by atoms with Crippen molar-refractivity contribution in [1.82, 2.24) is 14.6 Å². The molecule has 2 aromatic heterocycles. The van der Waals surface area contributed by atoms with Crippen molar-refractivity contribution in [1.29, 1.82) is 0 Å². The molecule has 0 bridgehead atoms. The fourth-order valence-corrected chi connectivity index (χ4v) is 6.83. The van der Waals surface area contributed by atoms with Gasteiger partial charge in [-0.3, -0.25) is 9.78 Å². The van der Waals surface area contributed by atoms with Crippen molar-refractivity contribution in [3.8, 4) is 10.6 Å². The third-order valence-corrected chi connectivity index (χ3v) is 9.13. The molecule has 1 atom stereocenters. The van der Waals surface area contributed by atoms with Crippen LogP contribution in [0.15, 0.2) is 69.5 Å². The van der Waals surface area contributed by atoms with Gasteiger partial charge in [0.25, 0.3) is 10.0 Å². The minimum Gasteiger partial charge on any atom is -0.355 e. The summed E-state index contributed by atoms with van der Waals surface area (Å²) >= 11 is 4.58. The number of nitrogens with zero attached hydrogens (tertiary/aromatic N) is 2. The van der Waals surface area contributed by atoms with E-state index in [2.05, 4.69) is 26.2 Å². The monoisotopic (exact) mass is 519 g/mol. The number of hydrogen-bond acceptors (Lipinski definition) is 5. The zero-order chi connectivity index (χ0) is 21.8. The standard InChI is InChI=1S/C22H22BrN3O3S2/c23-17-9-7-16(8-10-17)15-26(19-6-2-4-14-25-22(19)27)31(28,29)21-12-11-20(30-21)18-5-1-3-13-24-18/h1,3,5,7-13,19H,2,4,6,14-15H2,(H,25,27). The first-order valence-electron chi connectivity index (χ1n) is 10.0. The summed E-state index contributed by atoms with van der Waals surface area (Å²) in [6.45, 7) is 0.703. The molecule has 1 aliphatic rings. The number of nitrogens with one attached hydrogen (secondary N) is 1. The highest BCUT2D eigenvalue weighted by Crippen LogP contribution is 2.33. The lowest BCUT2D eigenvalue weighted by Gasteiger charge is -2.28. The fourth-order valence-electron chi connectivity index (χ4n) is 3.55. The zero-order valence-corrected chi connectivity index (χ0v) is 19.9. The molecule has 6 nitrogen and oxygen atoms in total. The van der Waals surface area contributed by atoms with Crippen molar-refractivity contribution in [3.05, 3.63) is 70.8 Å². The van der Waals surface area contributed by atoms with Crippen LogP contribution in [0.25, 0.3) is 10.6 Å². The summed E-state index contributed by atoms with van der Waals surface area (Å²) in [4.78, 5) is 17.9. The molecule has 162 valence electrons. The molecule has 4 rings (SSSR count). The molecule has 1 aromatic carbocycles. The number of carbonyl (C=O) groups excluding carboxylic acids is 1. The van der Waals surface area contributed by atoms with Gasteiger partial charge >= 0.3 is 0 Å². The lowest BCUT2D eigenvalue weighted by Crippen LogP contribution is -2.48. The first-order valence-corrected chi connectivity index (χ1v) is 13.1. The molecule has 0 spiro atoms. The molecule has 0 saturated carbocycles. The van der Waals surface area contributed by atoms with Crippen molar-refractivity contribution < 1.29 is 13.2 Å². The molecule has 1 amide bonds. The molecule has 31 heavy (non-hydrogen) atoms. The van der Waals surface area contributed by atoms with Crippen molar-refractivity contribution >= 4 is 43.2 Å². The molecule has 1 unspecified atom stereocenters. The van der Waals surface area contributed by atoms with Crippen molar-refractivity contribution in [2.45, 2.75) is 36.1 Å². The van der Waals surface area contributed by atoms with Crippen molar-refractivity contribution in [3.63, 3.8) is 0 Å². The van der Waals surface area contributed by atoms with Crippen LogP contribution in [-0.4, -0.2) is 36.2 Å². The summed E-state index contributed by atoms with van der Waals surface area (Å²) in [5, 5.41) is 2.87. The van der Waals surface area contributed by atoms with Gasteiger partial charge in [-0.15, -0.1) is 11.3 Å². The van der Waals surface area contributed by atoms with Crippen molar-refractivity contribution in [2.75, 3.05) is 6.54 Å². The predicted molar refractivity (Wildman–Crippen MR) is 125 cm³/mol. The largest absolute Gasteiger partial charge is 0.355 e. The Balaban J connectivity index is 1.71. The number of pyridine rings is 1. The van der Waals surface area contributed by atoms with E-state index in [9.17, 15) is 13.2 Å². The molecule has 1 saturated heterocycles. The quantitative estimate of drug-likeness (QED) is 0.522. The van der Waals surface area contributed by atoms with Crippen LogP contribution in [0.1, 0.15) is 24.8 Å². The smallest absolute Gasteiger partial charge is 0.253 e. The summed E-state index contributed by atoms with van der Waals surface area (Å²) in [5.74, 6) is -0.236. The Kier molecular flexibility index (Phi) is 6.86. The van der Waals surface area contributed by atoms with E-state index >= 15 is 0 Å². The van der Waals surface area contributed by atoms with Crippen LogP contribution >= 0.6 is 27.3 Å². The van der Waals surface area contributed by atoms with Crippen LogP contribution in [0.3, 0.4) is 0 Å². The number of hydrogen-bond donors (Lipinski definition) is 1. The average molecular weight is 520 g/mol. The Morgan fingerprint density at radius 3 is 2.65 bits per heavy atom. The molecule has 0 radical (unpaired) electrons. The van der Waals surface area contributed by atoms with E-state index in [-0.39, 0.29) is 16.7 Å². The molecular weight excluding hydrogens is 498 g/mol. The number of amides is 1. The number of halogens is 1. The summed E-state index contributed by atoms with van der Waals surface area (Å²) in [5.41, 5.74) is 1.55. The van der Waals surface area contributed by atoms with Gasteiger partial charge in [0.05, 0.1) is 10.6 Å². The van der Waals surface area contributed by atoms with Gasteiger partial charge in [0.2, 0.25) is 5.91 Å². The topological polar surface area (TPSA) is 79.4 Å². The molecule has 3 aromatic rings. The second kappa shape index (κ2) is 9.60. The zero-order valence-electron chi connectivity index (χ0n) is 16.7. The number of sulfonamides is 1. The Labute approximate surface area is 194 Å².